The number of carbonyl (C=O) groups is 1. The number of aromatic nitrogens is 1. The number of amides is 1. The molecule has 2 aromatic carbocycles. The predicted octanol–water partition coefficient (Wildman–Crippen LogP) is 4.93. The number of thiazole rings is 1. The van der Waals surface area contributed by atoms with Gasteiger partial charge >= 0.3 is 0 Å². The number of benzene rings is 2. The van der Waals surface area contributed by atoms with Crippen molar-refractivity contribution < 1.29 is 13.9 Å². The number of methoxy groups -OCH3 is 1. The Morgan fingerprint density at radius 1 is 1.24 bits per heavy atom. The minimum absolute atomic E-state index is 0.287. The fourth-order valence-electron chi connectivity index (χ4n) is 2.23. The van der Waals surface area contributed by atoms with Crippen LogP contribution in [0.3, 0.4) is 0 Å². The standard InChI is InChI=1S/C18H15FN2O2S2/c1-23-16-9-13(24-2)7-8-14(16)17(22)21-18-20-15(10-25-18)11-3-5-12(19)6-4-11/h3-10H,1-2H3,(H,20,21,22). The molecule has 1 aromatic heterocycles. The molecule has 0 radical (unpaired) electrons. The smallest absolute Gasteiger partial charge is 0.261 e. The van der Waals surface area contributed by atoms with E-state index in [4.69, 9.17) is 4.74 Å². The van der Waals surface area contributed by atoms with Crippen LogP contribution in [0.5, 0.6) is 5.75 Å². The summed E-state index contributed by atoms with van der Waals surface area (Å²) < 4.78 is 18.3. The SMILES string of the molecule is COc1cc(SC)ccc1C(=O)Nc1nc(-c2ccc(F)cc2)cs1. The van der Waals surface area contributed by atoms with E-state index in [2.05, 4.69) is 10.3 Å². The first kappa shape index (κ1) is 17.4. The molecule has 0 atom stereocenters. The summed E-state index contributed by atoms with van der Waals surface area (Å²) in [5, 5.41) is 5.07. The van der Waals surface area contributed by atoms with E-state index in [1.807, 2.05) is 23.8 Å². The lowest BCUT2D eigenvalue weighted by Crippen LogP contribution is -2.13. The van der Waals surface area contributed by atoms with Crippen LogP contribution in [0.2, 0.25) is 0 Å². The van der Waals surface area contributed by atoms with Gasteiger partial charge in [-0.15, -0.1) is 23.1 Å². The Kier molecular flexibility index (Phi) is 5.35. The second-order valence-electron chi connectivity index (χ2n) is 5.07. The van der Waals surface area contributed by atoms with Crippen molar-refractivity contribution in [1.29, 1.82) is 0 Å². The van der Waals surface area contributed by atoms with Crippen LogP contribution in [-0.2, 0) is 0 Å². The normalized spacial score (nSPS) is 10.5. The van der Waals surface area contributed by atoms with Gasteiger partial charge in [0.1, 0.15) is 11.6 Å². The van der Waals surface area contributed by atoms with E-state index >= 15 is 0 Å². The van der Waals surface area contributed by atoms with Gasteiger partial charge in [-0.3, -0.25) is 10.1 Å². The van der Waals surface area contributed by atoms with Gasteiger partial charge in [0.2, 0.25) is 0 Å². The number of carbonyl (C=O) groups excluding carboxylic acids is 1. The number of thioether (sulfide) groups is 1. The highest BCUT2D eigenvalue weighted by Gasteiger charge is 2.15. The molecule has 4 nitrogen and oxygen atoms in total. The fourth-order valence-corrected chi connectivity index (χ4v) is 3.38. The average molecular weight is 374 g/mol. The summed E-state index contributed by atoms with van der Waals surface area (Å²) in [5.41, 5.74) is 1.92. The third-order valence-electron chi connectivity index (χ3n) is 3.52. The number of anilines is 1. The summed E-state index contributed by atoms with van der Waals surface area (Å²) in [4.78, 5) is 17.9. The van der Waals surface area contributed by atoms with Crippen molar-refractivity contribution in [1.82, 2.24) is 4.98 Å². The molecule has 1 N–H and O–H groups in total. The van der Waals surface area contributed by atoms with Crippen LogP contribution >= 0.6 is 23.1 Å². The molecular formula is C18H15FN2O2S2. The Labute approximate surface area is 153 Å². The van der Waals surface area contributed by atoms with E-state index in [-0.39, 0.29) is 11.7 Å². The molecule has 128 valence electrons. The summed E-state index contributed by atoms with van der Waals surface area (Å²) >= 11 is 2.89. The minimum atomic E-state index is -0.298. The van der Waals surface area contributed by atoms with E-state index in [1.165, 1.54) is 30.6 Å². The minimum Gasteiger partial charge on any atom is -0.496 e. The Morgan fingerprint density at radius 2 is 2.00 bits per heavy atom. The first-order chi connectivity index (χ1) is 12.1. The van der Waals surface area contributed by atoms with Gasteiger partial charge in [0.05, 0.1) is 18.4 Å². The third kappa shape index (κ3) is 4.00. The van der Waals surface area contributed by atoms with E-state index in [0.717, 1.165) is 10.5 Å². The zero-order valence-corrected chi connectivity index (χ0v) is 15.2. The second-order valence-corrected chi connectivity index (χ2v) is 6.80. The first-order valence-corrected chi connectivity index (χ1v) is 9.46. The van der Waals surface area contributed by atoms with Gasteiger partial charge in [-0.05, 0) is 48.7 Å². The molecule has 0 bridgehead atoms. The highest BCUT2D eigenvalue weighted by atomic mass is 32.2. The lowest BCUT2D eigenvalue weighted by molar-refractivity contribution is 0.102. The van der Waals surface area contributed by atoms with Gasteiger partial charge in [0.25, 0.3) is 5.91 Å². The van der Waals surface area contributed by atoms with Gasteiger partial charge < -0.3 is 4.74 Å². The van der Waals surface area contributed by atoms with E-state index in [0.29, 0.717) is 22.1 Å². The Hall–Kier alpha value is -2.38. The summed E-state index contributed by atoms with van der Waals surface area (Å²) in [6.07, 6.45) is 1.96. The van der Waals surface area contributed by atoms with Gasteiger partial charge in [0.15, 0.2) is 5.13 Å². The average Bonchev–Trinajstić information content (AvgIpc) is 3.10. The molecule has 3 rings (SSSR count). The van der Waals surface area contributed by atoms with Gasteiger partial charge in [-0.2, -0.15) is 0 Å². The van der Waals surface area contributed by atoms with Crippen molar-refractivity contribution >= 4 is 34.1 Å². The number of rotatable bonds is 5. The number of nitrogens with one attached hydrogen (secondary N) is 1. The summed E-state index contributed by atoms with van der Waals surface area (Å²) in [5.74, 6) is -0.0718. The molecule has 0 aliphatic rings. The van der Waals surface area contributed by atoms with E-state index in [9.17, 15) is 9.18 Å². The maximum absolute atomic E-state index is 13.0. The number of halogens is 1. The molecule has 0 fully saturated rings. The molecule has 0 saturated carbocycles. The van der Waals surface area contributed by atoms with E-state index in [1.54, 1.807) is 30.0 Å². The molecule has 1 amide bonds. The van der Waals surface area contributed by atoms with Crippen molar-refractivity contribution in [2.75, 3.05) is 18.7 Å². The van der Waals surface area contributed by atoms with Crippen molar-refractivity contribution in [2.45, 2.75) is 4.90 Å². The van der Waals surface area contributed by atoms with Crippen LogP contribution in [0.25, 0.3) is 11.3 Å². The lowest BCUT2D eigenvalue weighted by atomic mass is 10.2. The molecule has 0 unspecified atom stereocenters. The van der Waals surface area contributed by atoms with Crippen LogP contribution in [0, 0.1) is 5.82 Å². The molecule has 3 aromatic rings. The molecule has 7 heteroatoms. The van der Waals surface area contributed by atoms with Crippen LogP contribution in [0.1, 0.15) is 10.4 Å². The van der Waals surface area contributed by atoms with Crippen molar-refractivity contribution in [3.63, 3.8) is 0 Å². The number of hydrogen-bond acceptors (Lipinski definition) is 5. The van der Waals surface area contributed by atoms with Crippen molar-refractivity contribution in [3.8, 4) is 17.0 Å². The van der Waals surface area contributed by atoms with Crippen LogP contribution in [0.4, 0.5) is 9.52 Å². The molecule has 0 aliphatic carbocycles. The van der Waals surface area contributed by atoms with Crippen LogP contribution in [-0.4, -0.2) is 24.3 Å². The highest BCUT2D eigenvalue weighted by Crippen LogP contribution is 2.28. The molecule has 25 heavy (non-hydrogen) atoms. The molecule has 0 aliphatic heterocycles. The first-order valence-electron chi connectivity index (χ1n) is 7.35. The topological polar surface area (TPSA) is 51.2 Å². The zero-order valence-electron chi connectivity index (χ0n) is 13.6. The summed E-state index contributed by atoms with van der Waals surface area (Å²) in [7, 11) is 1.53. The third-order valence-corrected chi connectivity index (χ3v) is 5.00. The van der Waals surface area contributed by atoms with Crippen molar-refractivity contribution in [3.05, 3.63) is 59.2 Å². The summed E-state index contributed by atoms with van der Waals surface area (Å²) in [6.45, 7) is 0. The Morgan fingerprint density at radius 3 is 2.68 bits per heavy atom. The number of hydrogen-bond donors (Lipinski definition) is 1. The predicted molar refractivity (Wildman–Crippen MR) is 100 cm³/mol. The Balaban J connectivity index is 1.79. The zero-order chi connectivity index (χ0) is 17.8. The maximum atomic E-state index is 13.0. The Bertz CT molecular complexity index is 894. The monoisotopic (exact) mass is 374 g/mol. The number of nitrogens with zero attached hydrogens (tertiary/aromatic N) is 1. The van der Waals surface area contributed by atoms with Crippen LogP contribution < -0.4 is 10.1 Å². The van der Waals surface area contributed by atoms with Crippen molar-refractivity contribution in [2.24, 2.45) is 0 Å². The van der Waals surface area contributed by atoms with Gasteiger partial charge in [-0.25, -0.2) is 9.37 Å². The molecule has 0 spiro atoms. The molecular weight excluding hydrogens is 359 g/mol. The quantitative estimate of drug-likeness (QED) is 0.643. The van der Waals surface area contributed by atoms with E-state index < -0.39 is 0 Å². The van der Waals surface area contributed by atoms with Gasteiger partial charge in [0, 0.05) is 15.8 Å². The fraction of sp³-hybridized carbons (Fsp3) is 0.111. The maximum Gasteiger partial charge on any atom is 0.261 e. The highest BCUT2D eigenvalue weighted by molar-refractivity contribution is 7.98. The lowest BCUT2D eigenvalue weighted by Gasteiger charge is -2.09. The second kappa shape index (κ2) is 7.67. The molecule has 1 heterocycles. The number of ether oxygens (including phenoxy) is 1. The van der Waals surface area contributed by atoms with Crippen LogP contribution in [0.15, 0.2) is 52.7 Å². The van der Waals surface area contributed by atoms with Gasteiger partial charge in [-0.1, -0.05) is 0 Å². The molecule has 0 saturated heterocycles. The largest absolute Gasteiger partial charge is 0.496 e. The summed E-state index contributed by atoms with van der Waals surface area (Å²) in [6, 6.07) is 11.5.